The van der Waals surface area contributed by atoms with Crippen LogP contribution in [0.3, 0.4) is 0 Å². The second-order valence-corrected chi connectivity index (χ2v) is 10.4. The third kappa shape index (κ3) is 5.64. The van der Waals surface area contributed by atoms with Gasteiger partial charge in [0.2, 0.25) is 0 Å². The van der Waals surface area contributed by atoms with Gasteiger partial charge < -0.3 is 20.5 Å². The molecule has 6 heteroatoms. The molecule has 2 N–H and O–H groups in total. The van der Waals surface area contributed by atoms with E-state index in [0.717, 1.165) is 31.0 Å². The van der Waals surface area contributed by atoms with Gasteiger partial charge in [-0.1, -0.05) is 36.9 Å². The summed E-state index contributed by atoms with van der Waals surface area (Å²) in [5, 5.41) is 11.2. The van der Waals surface area contributed by atoms with Gasteiger partial charge in [-0.3, -0.25) is 4.79 Å². The third-order valence-electron chi connectivity index (χ3n) is 7.73. The van der Waals surface area contributed by atoms with Crippen LogP contribution in [0.25, 0.3) is 0 Å². The van der Waals surface area contributed by atoms with Crippen molar-refractivity contribution in [3.8, 4) is 0 Å². The molecule has 0 radical (unpaired) electrons. The van der Waals surface area contributed by atoms with E-state index in [4.69, 9.17) is 5.41 Å². The van der Waals surface area contributed by atoms with Crippen molar-refractivity contribution in [3.05, 3.63) is 102 Å². The van der Waals surface area contributed by atoms with Crippen LogP contribution in [-0.4, -0.2) is 36.7 Å². The van der Waals surface area contributed by atoms with Crippen LogP contribution in [0.4, 0.5) is 21.5 Å². The van der Waals surface area contributed by atoms with Gasteiger partial charge in [-0.15, -0.1) is 0 Å². The Morgan fingerprint density at radius 2 is 1.82 bits per heavy atom. The predicted molar refractivity (Wildman–Crippen MR) is 153 cm³/mol. The maximum absolute atomic E-state index is 13.7. The number of amides is 1. The Balaban J connectivity index is 1.28. The van der Waals surface area contributed by atoms with E-state index in [2.05, 4.69) is 48.0 Å². The summed E-state index contributed by atoms with van der Waals surface area (Å²) < 4.78 is 13.7. The summed E-state index contributed by atoms with van der Waals surface area (Å²) in [5.41, 5.74) is 5.81. The minimum atomic E-state index is -0.346. The van der Waals surface area contributed by atoms with E-state index in [1.54, 1.807) is 30.3 Å². The second-order valence-electron chi connectivity index (χ2n) is 10.4. The number of rotatable bonds is 9. The molecule has 0 aromatic heterocycles. The molecule has 38 heavy (non-hydrogen) atoms. The molecule has 1 aliphatic carbocycles. The Morgan fingerprint density at radius 1 is 1.08 bits per heavy atom. The van der Waals surface area contributed by atoms with E-state index in [0.29, 0.717) is 41.5 Å². The fraction of sp³-hybridized carbons (Fsp3) is 0.312. The Labute approximate surface area is 224 Å². The number of aryl methyl sites for hydroxylation is 1. The zero-order valence-corrected chi connectivity index (χ0v) is 21.9. The number of allylic oxidation sites excluding steroid dienone is 1. The van der Waals surface area contributed by atoms with Crippen LogP contribution in [0.2, 0.25) is 0 Å². The van der Waals surface area contributed by atoms with Crippen LogP contribution in [0.1, 0.15) is 47.2 Å². The first-order chi connectivity index (χ1) is 18.4. The molecule has 2 fully saturated rings. The maximum atomic E-state index is 13.7. The monoisotopic (exact) mass is 510 g/mol. The Hall–Kier alpha value is -3.93. The van der Waals surface area contributed by atoms with Gasteiger partial charge >= 0.3 is 0 Å². The summed E-state index contributed by atoms with van der Waals surface area (Å²) in [6.07, 6.45) is 5.48. The number of para-hydroxylation sites is 1. The first kappa shape index (κ1) is 25.7. The molecule has 1 saturated heterocycles. The molecule has 1 aliphatic heterocycles. The van der Waals surface area contributed by atoms with Gasteiger partial charge in [-0.2, -0.15) is 0 Å². The van der Waals surface area contributed by atoms with Gasteiger partial charge in [0.25, 0.3) is 5.91 Å². The molecule has 5 nitrogen and oxygen atoms in total. The zero-order valence-electron chi connectivity index (χ0n) is 21.9. The number of carbonyl (C=O) groups is 1. The van der Waals surface area contributed by atoms with Gasteiger partial charge in [-0.25, -0.2) is 4.39 Å². The van der Waals surface area contributed by atoms with Crippen molar-refractivity contribution in [2.75, 3.05) is 29.9 Å². The summed E-state index contributed by atoms with van der Waals surface area (Å²) in [6.45, 7) is 9.00. The standard InChI is InChI=1S/C32H35FN4O/c1-22-7-3-4-12-31(22)37(21-24-13-14-24)23(2)25-15-17-36(18-16-25)32(38)28-10-6-11-30(29(28)20-34)35-27-9-5-8-26(33)19-27/h3-12,19-20,24-25,34-35H,2,13-18,21H2,1H3. The van der Waals surface area contributed by atoms with Crippen molar-refractivity contribution in [1.29, 1.82) is 5.41 Å². The third-order valence-corrected chi connectivity index (χ3v) is 7.73. The summed E-state index contributed by atoms with van der Waals surface area (Å²) in [7, 11) is 0. The average molecular weight is 511 g/mol. The van der Waals surface area contributed by atoms with Gasteiger partial charge in [0, 0.05) is 60.1 Å². The molecule has 196 valence electrons. The minimum absolute atomic E-state index is 0.0794. The summed E-state index contributed by atoms with van der Waals surface area (Å²) in [4.78, 5) is 17.9. The second kappa shape index (κ2) is 11.2. The number of nitrogens with zero attached hydrogens (tertiary/aromatic N) is 2. The Bertz CT molecular complexity index is 1340. The van der Waals surface area contributed by atoms with Crippen LogP contribution in [0.15, 0.2) is 79.0 Å². The largest absolute Gasteiger partial charge is 0.355 e. The number of anilines is 3. The highest BCUT2D eigenvalue weighted by Gasteiger charge is 2.32. The first-order valence-corrected chi connectivity index (χ1v) is 13.4. The lowest BCUT2D eigenvalue weighted by molar-refractivity contribution is 0.0701. The van der Waals surface area contributed by atoms with Crippen LogP contribution < -0.4 is 10.2 Å². The van der Waals surface area contributed by atoms with Crippen molar-refractivity contribution >= 4 is 29.2 Å². The van der Waals surface area contributed by atoms with E-state index in [1.165, 1.54) is 42.4 Å². The number of benzene rings is 3. The number of hydrogen-bond donors (Lipinski definition) is 2. The normalized spacial score (nSPS) is 15.7. The zero-order chi connectivity index (χ0) is 26.6. The minimum Gasteiger partial charge on any atom is -0.355 e. The number of carbonyl (C=O) groups excluding carboxylic acids is 1. The van der Waals surface area contributed by atoms with Crippen molar-refractivity contribution in [2.45, 2.75) is 32.6 Å². The van der Waals surface area contributed by atoms with Crippen LogP contribution in [0, 0.1) is 30.0 Å². The molecule has 1 saturated carbocycles. The van der Waals surface area contributed by atoms with Gasteiger partial charge in [0.15, 0.2) is 0 Å². The van der Waals surface area contributed by atoms with Crippen molar-refractivity contribution in [3.63, 3.8) is 0 Å². The van der Waals surface area contributed by atoms with E-state index in [1.807, 2.05) is 4.90 Å². The molecular weight excluding hydrogens is 475 g/mol. The Kier molecular flexibility index (Phi) is 7.59. The Morgan fingerprint density at radius 3 is 2.50 bits per heavy atom. The fourth-order valence-electron chi connectivity index (χ4n) is 5.34. The molecule has 3 aromatic rings. The SMILES string of the molecule is C=C(C1CCN(C(=O)c2cccc(Nc3cccc(F)c3)c2C=N)CC1)N(CC1CC1)c1ccccc1C. The highest BCUT2D eigenvalue weighted by Crippen LogP contribution is 2.37. The van der Waals surface area contributed by atoms with Crippen molar-refractivity contribution < 1.29 is 9.18 Å². The van der Waals surface area contributed by atoms with Crippen molar-refractivity contribution in [2.24, 2.45) is 11.8 Å². The summed E-state index contributed by atoms with van der Waals surface area (Å²) in [5.74, 6) is 0.631. The molecule has 0 unspecified atom stereocenters. The lowest BCUT2D eigenvalue weighted by Gasteiger charge is -2.38. The predicted octanol–water partition coefficient (Wildman–Crippen LogP) is 7.16. The topological polar surface area (TPSA) is 59.4 Å². The average Bonchev–Trinajstić information content (AvgIpc) is 3.76. The highest BCUT2D eigenvalue weighted by atomic mass is 19.1. The smallest absolute Gasteiger partial charge is 0.254 e. The van der Waals surface area contributed by atoms with Gasteiger partial charge in [-0.05, 0) is 80.5 Å². The fourth-order valence-corrected chi connectivity index (χ4v) is 5.34. The molecule has 0 spiro atoms. The lowest BCUT2D eigenvalue weighted by Crippen LogP contribution is -2.41. The molecule has 0 atom stereocenters. The molecule has 1 heterocycles. The number of hydrogen-bond acceptors (Lipinski definition) is 4. The number of likely N-dealkylation sites (tertiary alicyclic amines) is 1. The number of nitrogens with one attached hydrogen (secondary N) is 2. The van der Waals surface area contributed by atoms with E-state index in [-0.39, 0.29) is 11.7 Å². The maximum Gasteiger partial charge on any atom is 0.254 e. The molecule has 5 rings (SSSR count). The lowest BCUT2D eigenvalue weighted by atomic mass is 9.91. The van der Waals surface area contributed by atoms with Crippen LogP contribution >= 0.6 is 0 Å². The molecule has 0 bridgehead atoms. The summed E-state index contributed by atoms with van der Waals surface area (Å²) in [6, 6.07) is 20.0. The molecular formula is C32H35FN4O. The van der Waals surface area contributed by atoms with E-state index in [9.17, 15) is 9.18 Å². The molecule has 2 aliphatic rings. The van der Waals surface area contributed by atoms with Gasteiger partial charge in [0.1, 0.15) is 5.82 Å². The van der Waals surface area contributed by atoms with Crippen LogP contribution in [0.5, 0.6) is 0 Å². The first-order valence-electron chi connectivity index (χ1n) is 13.4. The van der Waals surface area contributed by atoms with Crippen LogP contribution in [-0.2, 0) is 0 Å². The number of piperidine rings is 1. The molecule has 3 aromatic carbocycles. The van der Waals surface area contributed by atoms with Crippen molar-refractivity contribution in [1.82, 2.24) is 4.90 Å². The highest BCUT2D eigenvalue weighted by molar-refractivity contribution is 6.05. The molecule has 1 amide bonds. The van der Waals surface area contributed by atoms with Gasteiger partial charge in [0.05, 0.1) is 5.56 Å². The number of halogens is 1. The summed E-state index contributed by atoms with van der Waals surface area (Å²) >= 11 is 0. The van der Waals surface area contributed by atoms with E-state index >= 15 is 0 Å². The van der Waals surface area contributed by atoms with E-state index < -0.39 is 0 Å². The quantitative estimate of drug-likeness (QED) is 0.300.